The Morgan fingerprint density at radius 1 is 1.26 bits per heavy atom. The Balaban J connectivity index is 1.98. The average Bonchev–Trinajstić information content (AvgIpc) is 2.99. The third-order valence-electron chi connectivity index (χ3n) is 3.18. The van der Waals surface area contributed by atoms with Gasteiger partial charge in [0.05, 0.1) is 18.8 Å². The van der Waals surface area contributed by atoms with Crippen LogP contribution in [0.5, 0.6) is 0 Å². The summed E-state index contributed by atoms with van der Waals surface area (Å²) < 4.78 is 26.1. The summed E-state index contributed by atoms with van der Waals surface area (Å²) in [5, 5.41) is 7.08. The van der Waals surface area contributed by atoms with Crippen LogP contribution in [-0.4, -0.2) is 36.9 Å². The van der Waals surface area contributed by atoms with E-state index in [0.717, 1.165) is 11.8 Å². The number of nitrogens with zero attached hydrogens (tertiary/aromatic N) is 2. The number of carbonyl (C=O) groups excluding carboxylic acids is 1. The van der Waals surface area contributed by atoms with Gasteiger partial charge in [-0.1, -0.05) is 30.3 Å². The third-order valence-corrected chi connectivity index (χ3v) is 3.91. The zero-order valence-corrected chi connectivity index (χ0v) is 13.7. The number of sulfonamides is 1. The van der Waals surface area contributed by atoms with Gasteiger partial charge in [-0.3, -0.25) is 9.48 Å². The van der Waals surface area contributed by atoms with Crippen LogP contribution in [-0.2, 0) is 21.4 Å². The van der Waals surface area contributed by atoms with E-state index in [1.165, 1.54) is 0 Å². The second kappa shape index (κ2) is 7.89. The largest absolute Gasteiger partial charge is 0.347 e. The number of hydrogen-bond acceptors (Lipinski definition) is 4. The topological polar surface area (TPSA) is 93.1 Å². The molecule has 1 atom stereocenters. The summed E-state index contributed by atoms with van der Waals surface area (Å²) in [4.78, 5) is 12.1. The van der Waals surface area contributed by atoms with Gasteiger partial charge in [-0.15, -0.1) is 0 Å². The molecule has 1 unspecified atom stereocenters. The molecule has 8 heteroatoms. The Hall–Kier alpha value is -2.19. The predicted octanol–water partition coefficient (Wildman–Crippen LogP) is 0.680. The number of carbonyl (C=O) groups is 1. The zero-order chi connectivity index (χ0) is 16.7. The standard InChI is InChI=1S/C15H20N4O3S/c1-23(21,22)17-10-8-15(20)18-14(12-19-11-5-9-16-19)13-6-3-2-4-7-13/h2-7,9,11,14,17H,8,10,12H2,1H3,(H,18,20). The normalized spacial score (nSPS) is 12.7. The highest BCUT2D eigenvalue weighted by Gasteiger charge is 2.15. The minimum Gasteiger partial charge on any atom is -0.347 e. The van der Waals surface area contributed by atoms with Gasteiger partial charge in [0.25, 0.3) is 0 Å². The van der Waals surface area contributed by atoms with E-state index in [-0.39, 0.29) is 24.9 Å². The molecule has 2 aromatic rings. The van der Waals surface area contributed by atoms with Crippen molar-refractivity contribution in [3.8, 4) is 0 Å². The first-order valence-corrected chi connectivity index (χ1v) is 9.09. The van der Waals surface area contributed by atoms with Crippen molar-refractivity contribution in [2.75, 3.05) is 12.8 Å². The molecule has 124 valence electrons. The molecule has 2 N–H and O–H groups in total. The molecular weight excluding hydrogens is 316 g/mol. The van der Waals surface area contributed by atoms with Crippen molar-refractivity contribution in [3.63, 3.8) is 0 Å². The van der Waals surface area contributed by atoms with Gasteiger partial charge in [0, 0.05) is 25.4 Å². The van der Waals surface area contributed by atoms with E-state index in [0.29, 0.717) is 6.54 Å². The summed E-state index contributed by atoms with van der Waals surface area (Å²) in [5.41, 5.74) is 0.965. The molecule has 0 aliphatic heterocycles. The van der Waals surface area contributed by atoms with Crippen molar-refractivity contribution in [2.24, 2.45) is 0 Å². The molecular formula is C15H20N4O3S. The van der Waals surface area contributed by atoms with Crippen LogP contribution in [0.3, 0.4) is 0 Å². The van der Waals surface area contributed by atoms with Gasteiger partial charge in [-0.2, -0.15) is 5.10 Å². The first-order chi connectivity index (χ1) is 10.9. The van der Waals surface area contributed by atoms with Crippen molar-refractivity contribution in [1.29, 1.82) is 0 Å². The summed E-state index contributed by atoms with van der Waals surface area (Å²) in [6.07, 6.45) is 4.65. The SMILES string of the molecule is CS(=O)(=O)NCCC(=O)NC(Cn1cccn1)c1ccccc1. The monoisotopic (exact) mass is 336 g/mol. The first-order valence-electron chi connectivity index (χ1n) is 7.20. The van der Waals surface area contributed by atoms with Gasteiger partial charge >= 0.3 is 0 Å². The molecule has 0 saturated carbocycles. The number of nitrogens with one attached hydrogen (secondary N) is 2. The predicted molar refractivity (Wildman–Crippen MR) is 87.0 cm³/mol. The van der Waals surface area contributed by atoms with E-state index in [2.05, 4.69) is 15.1 Å². The van der Waals surface area contributed by atoms with Crippen molar-refractivity contribution in [3.05, 3.63) is 54.4 Å². The van der Waals surface area contributed by atoms with Crippen LogP contribution in [0.4, 0.5) is 0 Å². The van der Waals surface area contributed by atoms with Crippen LogP contribution >= 0.6 is 0 Å². The van der Waals surface area contributed by atoms with Crippen molar-refractivity contribution < 1.29 is 13.2 Å². The Morgan fingerprint density at radius 3 is 2.61 bits per heavy atom. The lowest BCUT2D eigenvalue weighted by molar-refractivity contribution is -0.121. The molecule has 1 aromatic heterocycles. The summed E-state index contributed by atoms with van der Waals surface area (Å²) in [6, 6.07) is 11.2. The molecule has 2 rings (SSSR count). The maximum absolute atomic E-state index is 12.1. The summed E-state index contributed by atoms with van der Waals surface area (Å²) in [7, 11) is -3.29. The van der Waals surface area contributed by atoms with Crippen molar-refractivity contribution in [1.82, 2.24) is 19.8 Å². The molecule has 0 spiro atoms. The highest BCUT2D eigenvalue weighted by Crippen LogP contribution is 2.14. The van der Waals surface area contributed by atoms with Crippen LogP contribution in [0.2, 0.25) is 0 Å². The Kier molecular flexibility index (Phi) is 5.89. The van der Waals surface area contributed by atoms with E-state index in [1.807, 2.05) is 42.6 Å². The lowest BCUT2D eigenvalue weighted by Crippen LogP contribution is -2.34. The maximum Gasteiger partial charge on any atom is 0.221 e. The Morgan fingerprint density at radius 2 is 2.00 bits per heavy atom. The molecule has 1 heterocycles. The fraction of sp³-hybridized carbons (Fsp3) is 0.333. The van der Waals surface area contributed by atoms with Gasteiger partial charge in [-0.25, -0.2) is 13.1 Å². The minimum absolute atomic E-state index is 0.0773. The smallest absolute Gasteiger partial charge is 0.221 e. The summed E-state index contributed by atoms with van der Waals surface area (Å²) in [5.74, 6) is -0.220. The van der Waals surface area contributed by atoms with Gasteiger partial charge in [0.1, 0.15) is 0 Å². The van der Waals surface area contributed by atoms with Crippen LogP contribution in [0, 0.1) is 0 Å². The van der Waals surface area contributed by atoms with E-state index in [4.69, 9.17) is 0 Å². The van der Waals surface area contributed by atoms with E-state index >= 15 is 0 Å². The second-order valence-electron chi connectivity index (χ2n) is 5.18. The molecule has 0 bridgehead atoms. The Bertz CT molecular complexity index is 714. The number of benzene rings is 1. The molecule has 0 aliphatic carbocycles. The second-order valence-corrected chi connectivity index (χ2v) is 7.01. The fourth-order valence-corrected chi connectivity index (χ4v) is 2.60. The molecule has 7 nitrogen and oxygen atoms in total. The van der Waals surface area contributed by atoms with Crippen molar-refractivity contribution >= 4 is 15.9 Å². The van der Waals surface area contributed by atoms with Gasteiger partial charge in [0.15, 0.2) is 0 Å². The quantitative estimate of drug-likeness (QED) is 0.741. The molecule has 0 radical (unpaired) electrons. The first kappa shape index (κ1) is 17.2. The molecule has 0 fully saturated rings. The molecule has 0 aliphatic rings. The molecule has 1 aromatic carbocycles. The van der Waals surface area contributed by atoms with Crippen molar-refractivity contribution in [2.45, 2.75) is 19.0 Å². The molecule has 0 saturated heterocycles. The lowest BCUT2D eigenvalue weighted by atomic mass is 10.1. The van der Waals surface area contributed by atoms with E-state index in [9.17, 15) is 13.2 Å². The highest BCUT2D eigenvalue weighted by molar-refractivity contribution is 7.88. The summed E-state index contributed by atoms with van der Waals surface area (Å²) >= 11 is 0. The van der Waals surface area contributed by atoms with Crippen LogP contribution in [0.15, 0.2) is 48.8 Å². The summed E-state index contributed by atoms with van der Waals surface area (Å²) in [6.45, 7) is 0.580. The maximum atomic E-state index is 12.1. The minimum atomic E-state index is -3.29. The molecule has 1 amide bonds. The van der Waals surface area contributed by atoms with Gasteiger partial charge in [-0.05, 0) is 11.6 Å². The number of hydrogen-bond donors (Lipinski definition) is 2. The molecule has 23 heavy (non-hydrogen) atoms. The third kappa shape index (κ3) is 6.21. The average molecular weight is 336 g/mol. The van der Waals surface area contributed by atoms with E-state index in [1.54, 1.807) is 10.9 Å². The highest BCUT2D eigenvalue weighted by atomic mass is 32.2. The van der Waals surface area contributed by atoms with Gasteiger partial charge < -0.3 is 5.32 Å². The zero-order valence-electron chi connectivity index (χ0n) is 12.8. The van der Waals surface area contributed by atoms with Gasteiger partial charge in [0.2, 0.25) is 15.9 Å². The van der Waals surface area contributed by atoms with Crippen LogP contribution in [0.1, 0.15) is 18.0 Å². The number of amides is 1. The fourth-order valence-electron chi connectivity index (χ4n) is 2.13. The van der Waals surface area contributed by atoms with E-state index < -0.39 is 10.0 Å². The van der Waals surface area contributed by atoms with Crippen LogP contribution < -0.4 is 10.0 Å². The van der Waals surface area contributed by atoms with Crippen LogP contribution in [0.25, 0.3) is 0 Å². The number of rotatable bonds is 8. The lowest BCUT2D eigenvalue weighted by Gasteiger charge is -2.19. The number of aromatic nitrogens is 2. The Labute approximate surface area is 135 Å².